The fourth-order valence-corrected chi connectivity index (χ4v) is 3.44. The third kappa shape index (κ3) is 4.97. The molecule has 7 heteroatoms. The van der Waals surface area contributed by atoms with E-state index in [2.05, 4.69) is 56.7 Å². The van der Waals surface area contributed by atoms with E-state index in [1.54, 1.807) is 28.4 Å². The molecular weight excluding hydrogens is 380 g/mol. The molecule has 3 aromatic rings. The number of methoxy groups -OCH3 is 3. The number of aromatic nitrogens is 1. The monoisotopic (exact) mass is 410 g/mol. The van der Waals surface area contributed by atoms with Crippen LogP contribution in [0.15, 0.2) is 53.7 Å². The summed E-state index contributed by atoms with van der Waals surface area (Å²) < 4.78 is 18.5. The summed E-state index contributed by atoms with van der Waals surface area (Å²) in [7, 11) is 6.59. The number of aryl methyl sites for hydroxylation is 1. The molecule has 0 bridgehead atoms. The smallest absolute Gasteiger partial charge is 0.203 e. The molecule has 2 aromatic carbocycles. The Bertz CT molecular complexity index is 972. The lowest BCUT2D eigenvalue weighted by Crippen LogP contribution is -2.37. The molecule has 2 N–H and O–H groups in total. The van der Waals surface area contributed by atoms with E-state index < -0.39 is 0 Å². The third-order valence-electron chi connectivity index (χ3n) is 4.96. The second kappa shape index (κ2) is 10.4. The van der Waals surface area contributed by atoms with Crippen molar-refractivity contribution in [3.05, 3.63) is 54.2 Å². The topological polar surface area (TPSA) is 69.0 Å². The predicted octanol–water partition coefficient (Wildman–Crippen LogP) is 3.42. The first-order chi connectivity index (χ1) is 14.7. The van der Waals surface area contributed by atoms with Gasteiger partial charge >= 0.3 is 0 Å². The molecule has 0 amide bonds. The number of aliphatic imine (C=N–C) groups is 1. The number of hydrogen-bond donors (Lipinski definition) is 2. The lowest BCUT2D eigenvalue weighted by Gasteiger charge is -2.16. The number of hydrogen-bond acceptors (Lipinski definition) is 4. The summed E-state index contributed by atoms with van der Waals surface area (Å²) >= 11 is 0. The van der Waals surface area contributed by atoms with E-state index >= 15 is 0 Å². The van der Waals surface area contributed by atoms with E-state index in [-0.39, 0.29) is 0 Å². The molecule has 7 nitrogen and oxygen atoms in total. The highest BCUT2D eigenvalue weighted by atomic mass is 16.5. The van der Waals surface area contributed by atoms with E-state index in [4.69, 9.17) is 14.2 Å². The Morgan fingerprint density at radius 2 is 1.70 bits per heavy atom. The maximum atomic E-state index is 5.42. The molecule has 160 valence electrons. The summed E-state index contributed by atoms with van der Waals surface area (Å²) in [5.74, 6) is 2.61. The van der Waals surface area contributed by atoms with Gasteiger partial charge in [0.15, 0.2) is 17.5 Å². The molecule has 0 unspecified atom stereocenters. The molecule has 0 aliphatic carbocycles. The number of guanidine groups is 1. The zero-order chi connectivity index (χ0) is 21.3. The van der Waals surface area contributed by atoms with Gasteiger partial charge in [-0.15, -0.1) is 0 Å². The van der Waals surface area contributed by atoms with Crippen LogP contribution < -0.4 is 24.8 Å². The minimum Gasteiger partial charge on any atom is -0.493 e. The SMILES string of the molecule is CN=C(NCCCn1ccc2ccccc21)NCc1cc(OC)c(OC)c(OC)c1. The molecule has 0 atom stereocenters. The standard InChI is InChI=1S/C23H30N4O3/c1-24-23(25-11-7-12-27-13-10-18-8-5-6-9-19(18)27)26-16-17-14-20(28-2)22(30-4)21(15-17)29-3/h5-6,8-10,13-15H,7,11-12,16H2,1-4H3,(H2,24,25,26). The van der Waals surface area contributed by atoms with Gasteiger partial charge in [-0.3, -0.25) is 4.99 Å². The van der Waals surface area contributed by atoms with Crippen LogP contribution in [0.2, 0.25) is 0 Å². The third-order valence-corrected chi connectivity index (χ3v) is 4.96. The Morgan fingerprint density at radius 3 is 2.37 bits per heavy atom. The maximum Gasteiger partial charge on any atom is 0.203 e. The van der Waals surface area contributed by atoms with Crippen molar-refractivity contribution in [1.29, 1.82) is 0 Å². The van der Waals surface area contributed by atoms with E-state index in [9.17, 15) is 0 Å². The highest BCUT2D eigenvalue weighted by Crippen LogP contribution is 2.38. The van der Waals surface area contributed by atoms with E-state index in [1.807, 2.05) is 12.1 Å². The molecule has 0 radical (unpaired) electrons. The molecule has 1 heterocycles. The first kappa shape index (κ1) is 21.4. The first-order valence-electron chi connectivity index (χ1n) is 9.97. The van der Waals surface area contributed by atoms with Gasteiger partial charge in [0, 0.05) is 38.4 Å². The van der Waals surface area contributed by atoms with Gasteiger partial charge in [-0.25, -0.2) is 0 Å². The lowest BCUT2D eigenvalue weighted by atomic mass is 10.2. The lowest BCUT2D eigenvalue weighted by molar-refractivity contribution is 0.323. The van der Waals surface area contributed by atoms with Gasteiger partial charge in [0.1, 0.15) is 0 Å². The zero-order valence-electron chi connectivity index (χ0n) is 18.1. The Balaban J connectivity index is 1.51. The fourth-order valence-electron chi connectivity index (χ4n) is 3.44. The Kier molecular flexibility index (Phi) is 7.43. The summed E-state index contributed by atoms with van der Waals surface area (Å²) in [6.45, 7) is 2.35. The molecule has 0 fully saturated rings. The molecule has 0 saturated carbocycles. The summed E-state index contributed by atoms with van der Waals surface area (Å²) in [5.41, 5.74) is 2.27. The summed E-state index contributed by atoms with van der Waals surface area (Å²) in [6, 6.07) is 14.4. The van der Waals surface area contributed by atoms with E-state index in [0.29, 0.717) is 23.8 Å². The maximum absolute atomic E-state index is 5.42. The zero-order valence-corrected chi connectivity index (χ0v) is 18.1. The second-order valence-electron chi connectivity index (χ2n) is 6.81. The fraction of sp³-hybridized carbons (Fsp3) is 0.348. The number of ether oxygens (including phenoxy) is 3. The van der Waals surface area contributed by atoms with Crippen molar-refractivity contribution in [2.45, 2.75) is 19.5 Å². The highest BCUT2D eigenvalue weighted by molar-refractivity contribution is 5.80. The van der Waals surface area contributed by atoms with Crippen LogP contribution in [0.1, 0.15) is 12.0 Å². The van der Waals surface area contributed by atoms with Gasteiger partial charge in [-0.05, 0) is 41.6 Å². The number of benzene rings is 2. The van der Waals surface area contributed by atoms with Crippen LogP contribution >= 0.6 is 0 Å². The average molecular weight is 411 g/mol. The van der Waals surface area contributed by atoms with E-state index in [1.165, 1.54) is 10.9 Å². The van der Waals surface area contributed by atoms with Crippen LogP contribution in [-0.2, 0) is 13.1 Å². The molecule has 0 aliphatic rings. The second-order valence-corrected chi connectivity index (χ2v) is 6.81. The molecule has 0 aliphatic heterocycles. The van der Waals surface area contributed by atoms with Crippen molar-refractivity contribution < 1.29 is 14.2 Å². The van der Waals surface area contributed by atoms with Gasteiger partial charge in [-0.2, -0.15) is 0 Å². The van der Waals surface area contributed by atoms with Crippen LogP contribution in [0.25, 0.3) is 10.9 Å². The minimum atomic E-state index is 0.582. The van der Waals surface area contributed by atoms with Gasteiger partial charge in [-0.1, -0.05) is 18.2 Å². The van der Waals surface area contributed by atoms with Gasteiger partial charge in [0.2, 0.25) is 5.75 Å². The van der Waals surface area contributed by atoms with Crippen molar-refractivity contribution in [3.8, 4) is 17.2 Å². The molecule has 3 rings (SSSR count). The van der Waals surface area contributed by atoms with Crippen molar-refractivity contribution in [2.24, 2.45) is 4.99 Å². The quantitative estimate of drug-likeness (QED) is 0.321. The first-order valence-corrected chi connectivity index (χ1v) is 9.97. The van der Waals surface area contributed by atoms with Crippen LogP contribution in [0.4, 0.5) is 0 Å². The molecule has 0 saturated heterocycles. The van der Waals surface area contributed by atoms with E-state index in [0.717, 1.165) is 31.0 Å². The Morgan fingerprint density at radius 1 is 0.967 bits per heavy atom. The number of nitrogens with one attached hydrogen (secondary N) is 2. The van der Waals surface area contributed by atoms with Crippen LogP contribution in [0.5, 0.6) is 17.2 Å². The van der Waals surface area contributed by atoms with Crippen LogP contribution in [-0.4, -0.2) is 45.4 Å². The average Bonchev–Trinajstić information content (AvgIpc) is 3.20. The van der Waals surface area contributed by atoms with Gasteiger partial charge in [0.25, 0.3) is 0 Å². The Labute approximate surface area is 177 Å². The molecular formula is C23H30N4O3. The Hall–Kier alpha value is -3.35. The van der Waals surface area contributed by atoms with Gasteiger partial charge < -0.3 is 29.4 Å². The van der Waals surface area contributed by atoms with Crippen molar-refractivity contribution in [2.75, 3.05) is 34.9 Å². The van der Waals surface area contributed by atoms with Crippen molar-refractivity contribution >= 4 is 16.9 Å². The molecule has 1 aromatic heterocycles. The van der Waals surface area contributed by atoms with Crippen LogP contribution in [0.3, 0.4) is 0 Å². The van der Waals surface area contributed by atoms with Crippen LogP contribution in [0, 0.1) is 0 Å². The predicted molar refractivity (Wildman–Crippen MR) is 121 cm³/mol. The normalized spacial score (nSPS) is 11.4. The highest BCUT2D eigenvalue weighted by Gasteiger charge is 2.13. The van der Waals surface area contributed by atoms with Gasteiger partial charge in [0.05, 0.1) is 21.3 Å². The largest absolute Gasteiger partial charge is 0.493 e. The van der Waals surface area contributed by atoms with Crippen molar-refractivity contribution in [3.63, 3.8) is 0 Å². The van der Waals surface area contributed by atoms with Crippen molar-refractivity contribution in [1.82, 2.24) is 15.2 Å². The molecule has 0 spiro atoms. The summed E-state index contributed by atoms with van der Waals surface area (Å²) in [5, 5.41) is 7.97. The number of para-hydroxylation sites is 1. The molecule has 30 heavy (non-hydrogen) atoms. The minimum absolute atomic E-state index is 0.582. The number of nitrogens with zero attached hydrogens (tertiary/aromatic N) is 2. The number of rotatable bonds is 9. The number of fused-ring (bicyclic) bond motifs is 1. The summed E-state index contributed by atoms with van der Waals surface area (Å²) in [4.78, 5) is 4.31. The summed E-state index contributed by atoms with van der Waals surface area (Å²) in [6.07, 6.45) is 3.13.